The molecule has 2 aromatic rings. The summed E-state index contributed by atoms with van der Waals surface area (Å²) in [6.07, 6.45) is 3.08. The van der Waals surface area contributed by atoms with Gasteiger partial charge in [0, 0.05) is 42.8 Å². The molecule has 1 fully saturated rings. The smallest absolute Gasteiger partial charge is 0.287 e. The van der Waals surface area contributed by atoms with Gasteiger partial charge in [0.15, 0.2) is 0 Å². The van der Waals surface area contributed by atoms with Crippen LogP contribution in [0.1, 0.15) is 5.56 Å². The average molecular weight is 401 g/mol. The Labute approximate surface area is 166 Å². The predicted molar refractivity (Wildman–Crippen MR) is 105 cm³/mol. The molecule has 28 heavy (non-hydrogen) atoms. The second-order valence-electron chi connectivity index (χ2n) is 6.55. The number of aromatic nitrogens is 1. The van der Waals surface area contributed by atoms with Crippen LogP contribution in [0.5, 0.6) is 5.75 Å². The molecule has 0 saturated carbocycles. The summed E-state index contributed by atoms with van der Waals surface area (Å²) in [4.78, 5) is 31.1. The van der Waals surface area contributed by atoms with Crippen LogP contribution < -0.4 is 9.64 Å². The minimum Gasteiger partial charge on any atom is -0.488 e. The van der Waals surface area contributed by atoms with E-state index in [-0.39, 0.29) is 18.2 Å². The number of nitrogens with zero attached hydrogens (tertiary/aromatic N) is 4. The topological polar surface area (TPSA) is 88.8 Å². The Morgan fingerprint density at radius 1 is 1.18 bits per heavy atom. The van der Waals surface area contributed by atoms with E-state index in [9.17, 15) is 14.9 Å². The maximum atomic E-state index is 12.8. The molecule has 0 unspecified atom stereocenters. The van der Waals surface area contributed by atoms with Gasteiger partial charge >= 0.3 is 0 Å². The molecule has 4 rings (SSSR count). The molecule has 0 aliphatic carbocycles. The van der Waals surface area contributed by atoms with Crippen LogP contribution in [-0.4, -0.2) is 53.5 Å². The molecular weight excluding hydrogens is 384 g/mol. The lowest BCUT2D eigenvalue weighted by Gasteiger charge is -2.36. The summed E-state index contributed by atoms with van der Waals surface area (Å²) in [7, 11) is 0. The SMILES string of the molecule is O=C(C1=Cc2cc(Cl)ccc2OC1)N1CCN(c2ccc([N+](=O)[O-])cn2)CC1. The van der Waals surface area contributed by atoms with Crippen molar-refractivity contribution < 1.29 is 14.5 Å². The molecule has 1 saturated heterocycles. The Kier molecular flexibility index (Phi) is 4.87. The van der Waals surface area contributed by atoms with Crippen LogP contribution >= 0.6 is 11.6 Å². The summed E-state index contributed by atoms with van der Waals surface area (Å²) in [5.74, 6) is 1.33. The van der Waals surface area contributed by atoms with Gasteiger partial charge in [0.1, 0.15) is 24.4 Å². The van der Waals surface area contributed by atoms with Crippen molar-refractivity contribution in [3.8, 4) is 5.75 Å². The fourth-order valence-corrected chi connectivity index (χ4v) is 3.47. The Bertz CT molecular complexity index is 953. The molecule has 1 aromatic heterocycles. The number of hydrogen-bond acceptors (Lipinski definition) is 6. The first-order valence-corrected chi connectivity index (χ1v) is 9.16. The number of pyridine rings is 1. The molecule has 8 nitrogen and oxygen atoms in total. The number of piperazine rings is 1. The van der Waals surface area contributed by atoms with Crippen molar-refractivity contribution in [2.75, 3.05) is 37.7 Å². The lowest BCUT2D eigenvalue weighted by atomic mass is 10.1. The standard InChI is InChI=1S/C19H17ClN4O4/c20-15-1-3-17-13(10-15)9-14(12-28-17)19(25)23-7-5-22(6-8-23)18-4-2-16(11-21-18)24(26)27/h1-4,9-11H,5-8,12H2. The summed E-state index contributed by atoms with van der Waals surface area (Å²) in [6, 6.07) is 8.40. The second-order valence-corrected chi connectivity index (χ2v) is 6.99. The zero-order valence-corrected chi connectivity index (χ0v) is 15.6. The highest BCUT2D eigenvalue weighted by molar-refractivity contribution is 6.30. The highest BCUT2D eigenvalue weighted by atomic mass is 35.5. The number of rotatable bonds is 3. The molecule has 3 heterocycles. The van der Waals surface area contributed by atoms with Gasteiger partial charge in [-0.05, 0) is 30.3 Å². The highest BCUT2D eigenvalue weighted by Crippen LogP contribution is 2.29. The summed E-state index contributed by atoms with van der Waals surface area (Å²) in [5.41, 5.74) is 1.36. The second kappa shape index (κ2) is 7.47. The van der Waals surface area contributed by atoms with Gasteiger partial charge in [0.05, 0.1) is 10.5 Å². The molecule has 2 aliphatic heterocycles. The van der Waals surface area contributed by atoms with Crippen molar-refractivity contribution in [3.05, 3.63) is 62.8 Å². The summed E-state index contributed by atoms with van der Waals surface area (Å²) < 4.78 is 5.67. The Balaban J connectivity index is 1.41. The van der Waals surface area contributed by atoms with Crippen molar-refractivity contribution in [1.29, 1.82) is 0 Å². The van der Waals surface area contributed by atoms with E-state index in [0.29, 0.717) is 42.6 Å². The summed E-state index contributed by atoms with van der Waals surface area (Å²) in [6.45, 7) is 2.52. The number of anilines is 1. The van der Waals surface area contributed by atoms with E-state index in [4.69, 9.17) is 16.3 Å². The molecule has 9 heteroatoms. The van der Waals surface area contributed by atoms with E-state index in [2.05, 4.69) is 4.98 Å². The van der Waals surface area contributed by atoms with Crippen molar-refractivity contribution in [2.24, 2.45) is 0 Å². The first kappa shape index (κ1) is 18.2. The van der Waals surface area contributed by atoms with Crippen LogP contribution in [0.3, 0.4) is 0 Å². The normalized spacial score (nSPS) is 16.1. The van der Waals surface area contributed by atoms with Gasteiger partial charge in [-0.2, -0.15) is 0 Å². The van der Waals surface area contributed by atoms with Gasteiger partial charge in [-0.15, -0.1) is 0 Å². The first-order valence-electron chi connectivity index (χ1n) is 8.79. The Hall–Kier alpha value is -3.13. The zero-order chi connectivity index (χ0) is 19.7. The maximum absolute atomic E-state index is 12.8. The van der Waals surface area contributed by atoms with E-state index >= 15 is 0 Å². The monoisotopic (exact) mass is 400 g/mol. The van der Waals surface area contributed by atoms with E-state index in [0.717, 1.165) is 11.3 Å². The number of carbonyl (C=O) groups is 1. The van der Waals surface area contributed by atoms with E-state index in [1.165, 1.54) is 12.3 Å². The maximum Gasteiger partial charge on any atom is 0.287 e. The molecule has 144 valence electrons. The van der Waals surface area contributed by atoms with E-state index < -0.39 is 4.92 Å². The molecule has 0 bridgehead atoms. The van der Waals surface area contributed by atoms with Crippen molar-refractivity contribution >= 4 is 35.1 Å². The molecule has 1 aromatic carbocycles. The van der Waals surface area contributed by atoms with Gasteiger partial charge in [0.2, 0.25) is 0 Å². The molecule has 2 aliphatic rings. The van der Waals surface area contributed by atoms with Gasteiger partial charge in [-0.25, -0.2) is 4.98 Å². The highest BCUT2D eigenvalue weighted by Gasteiger charge is 2.26. The number of hydrogen-bond donors (Lipinski definition) is 0. The fraction of sp³-hybridized carbons (Fsp3) is 0.263. The van der Waals surface area contributed by atoms with Crippen molar-refractivity contribution in [3.63, 3.8) is 0 Å². The number of fused-ring (bicyclic) bond motifs is 1. The Morgan fingerprint density at radius 2 is 1.96 bits per heavy atom. The van der Waals surface area contributed by atoms with Gasteiger partial charge in [-0.3, -0.25) is 14.9 Å². The number of carbonyl (C=O) groups excluding carboxylic acids is 1. The Morgan fingerprint density at radius 3 is 2.64 bits per heavy atom. The van der Waals surface area contributed by atoms with Crippen LogP contribution in [0.4, 0.5) is 11.5 Å². The lowest BCUT2D eigenvalue weighted by molar-refractivity contribution is -0.385. The largest absolute Gasteiger partial charge is 0.488 e. The molecular formula is C19H17ClN4O4. The van der Waals surface area contributed by atoms with Crippen LogP contribution in [0.15, 0.2) is 42.1 Å². The number of halogens is 1. The number of ether oxygens (including phenoxy) is 1. The fourth-order valence-electron chi connectivity index (χ4n) is 3.29. The average Bonchev–Trinajstić information content (AvgIpc) is 2.73. The number of benzene rings is 1. The van der Waals surface area contributed by atoms with Crippen LogP contribution in [-0.2, 0) is 4.79 Å². The molecule has 1 amide bonds. The molecule has 0 atom stereocenters. The van der Waals surface area contributed by atoms with E-state index in [1.54, 1.807) is 29.2 Å². The van der Waals surface area contributed by atoms with Gasteiger partial charge in [0.25, 0.3) is 11.6 Å². The predicted octanol–water partition coefficient (Wildman–Crippen LogP) is 2.77. The van der Waals surface area contributed by atoms with Crippen molar-refractivity contribution in [1.82, 2.24) is 9.88 Å². The van der Waals surface area contributed by atoms with Crippen LogP contribution in [0, 0.1) is 10.1 Å². The third-order valence-electron chi connectivity index (χ3n) is 4.79. The van der Waals surface area contributed by atoms with Crippen molar-refractivity contribution in [2.45, 2.75) is 0 Å². The van der Waals surface area contributed by atoms with Gasteiger partial charge < -0.3 is 14.5 Å². The first-order chi connectivity index (χ1) is 13.5. The van der Waals surface area contributed by atoms with Crippen LogP contribution in [0.25, 0.3) is 6.08 Å². The van der Waals surface area contributed by atoms with E-state index in [1.807, 2.05) is 11.0 Å². The number of nitro groups is 1. The van der Waals surface area contributed by atoms with Gasteiger partial charge in [-0.1, -0.05) is 11.6 Å². The third-order valence-corrected chi connectivity index (χ3v) is 5.03. The quantitative estimate of drug-likeness (QED) is 0.581. The minimum absolute atomic E-state index is 0.0396. The number of amides is 1. The third kappa shape index (κ3) is 3.63. The molecule has 0 N–H and O–H groups in total. The minimum atomic E-state index is -0.474. The summed E-state index contributed by atoms with van der Waals surface area (Å²) in [5, 5.41) is 11.3. The van der Waals surface area contributed by atoms with Crippen LogP contribution in [0.2, 0.25) is 5.02 Å². The lowest BCUT2D eigenvalue weighted by Crippen LogP contribution is -2.49. The summed E-state index contributed by atoms with van der Waals surface area (Å²) >= 11 is 6.03. The molecule has 0 radical (unpaired) electrons. The zero-order valence-electron chi connectivity index (χ0n) is 14.9. The molecule has 0 spiro atoms.